The van der Waals surface area contributed by atoms with E-state index in [9.17, 15) is 9.59 Å². The quantitative estimate of drug-likeness (QED) is 0.307. The Bertz CT molecular complexity index is 859. The molecule has 0 aliphatic carbocycles. The van der Waals surface area contributed by atoms with Crippen LogP contribution in [0.3, 0.4) is 0 Å². The molecule has 8 nitrogen and oxygen atoms in total. The van der Waals surface area contributed by atoms with Gasteiger partial charge in [0.15, 0.2) is 0 Å². The zero-order valence-corrected chi connectivity index (χ0v) is 15.6. The van der Waals surface area contributed by atoms with E-state index in [4.69, 9.17) is 30.4 Å². The molecule has 2 rings (SSSR count). The highest BCUT2D eigenvalue weighted by Crippen LogP contribution is 2.25. The first-order chi connectivity index (χ1) is 13.4. The molecule has 0 aromatic heterocycles. The van der Waals surface area contributed by atoms with Crippen LogP contribution in [-0.4, -0.2) is 39.4 Å². The summed E-state index contributed by atoms with van der Waals surface area (Å²) in [6.07, 6.45) is 2.81. The third-order valence-corrected chi connectivity index (χ3v) is 3.61. The summed E-state index contributed by atoms with van der Waals surface area (Å²) < 4.78 is 20.4. The fourth-order valence-electron chi connectivity index (χ4n) is 2.32. The number of nitrogen functional groups attached to an aromatic ring is 2. The summed E-state index contributed by atoms with van der Waals surface area (Å²) in [4.78, 5) is 23.7. The number of anilines is 2. The number of benzene rings is 2. The molecule has 8 heteroatoms. The number of hydrogen-bond donors (Lipinski definition) is 2. The predicted molar refractivity (Wildman–Crippen MR) is 105 cm³/mol. The Morgan fingerprint density at radius 3 is 2.25 bits per heavy atom. The summed E-state index contributed by atoms with van der Waals surface area (Å²) in [5, 5.41) is 0. The number of esters is 2. The number of methoxy groups -OCH3 is 2. The first kappa shape index (κ1) is 20.6. The van der Waals surface area contributed by atoms with Crippen molar-refractivity contribution in [1.29, 1.82) is 0 Å². The van der Waals surface area contributed by atoms with E-state index in [1.165, 1.54) is 31.4 Å². The first-order valence-corrected chi connectivity index (χ1v) is 8.33. The molecule has 0 amide bonds. The van der Waals surface area contributed by atoms with Crippen molar-refractivity contribution in [3.05, 3.63) is 53.6 Å². The van der Waals surface area contributed by atoms with E-state index in [1.807, 2.05) is 0 Å². The van der Waals surface area contributed by atoms with Gasteiger partial charge in [0.05, 0.1) is 19.8 Å². The fourth-order valence-corrected chi connectivity index (χ4v) is 2.32. The van der Waals surface area contributed by atoms with Crippen molar-refractivity contribution in [1.82, 2.24) is 0 Å². The molecule has 0 spiro atoms. The summed E-state index contributed by atoms with van der Waals surface area (Å²) in [7, 11) is 3.07. The SMILES string of the molecule is COc1ccc(/C=C/C(=O)OCCOC(=O)c2cc(N)cc(N)c2)c(OC)c1. The summed E-state index contributed by atoms with van der Waals surface area (Å²) in [6.45, 7) is -0.189. The summed E-state index contributed by atoms with van der Waals surface area (Å²) in [5.41, 5.74) is 12.9. The molecule has 0 saturated carbocycles. The van der Waals surface area contributed by atoms with Crippen molar-refractivity contribution in [3.8, 4) is 11.5 Å². The van der Waals surface area contributed by atoms with E-state index < -0.39 is 11.9 Å². The van der Waals surface area contributed by atoms with Crippen LogP contribution < -0.4 is 20.9 Å². The Morgan fingerprint density at radius 2 is 1.61 bits per heavy atom. The Balaban J connectivity index is 1.81. The minimum absolute atomic E-state index is 0.0908. The molecule has 0 unspecified atom stereocenters. The molecule has 0 radical (unpaired) electrons. The maximum Gasteiger partial charge on any atom is 0.338 e. The van der Waals surface area contributed by atoms with E-state index in [-0.39, 0.29) is 18.8 Å². The molecule has 0 saturated heterocycles. The molecule has 2 aromatic rings. The first-order valence-electron chi connectivity index (χ1n) is 8.33. The third kappa shape index (κ3) is 5.94. The number of carbonyl (C=O) groups excluding carboxylic acids is 2. The van der Waals surface area contributed by atoms with Gasteiger partial charge in [-0.2, -0.15) is 0 Å². The Hall–Kier alpha value is -3.68. The summed E-state index contributed by atoms with van der Waals surface area (Å²) >= 11 is 0. The summed E-state index contributed by atoms with van der Waals surface area (Å²) in [6, 6.07) is 9.64. The molecular weight excluding hydrogens is 364 g/mol. The van der Waals surface area contributed by atoms with E-state index in [0.717, 1.165) is 0 Å². The van der Waals surface area contributed by atoms with Crippen LogP contribution in [0, 0.1) is 0 Å². The zero-order valence-electron chi connectivity index (χ0n) is 15.6. The highest BCUT2D eigenvalue weighted by Gasteiger charge is 2.09. The average Bonchev–Trinajstić information content (AvgIpc) is 2.68. The molecular formula is C20H22N2O6. The van der Waals surface area contributed by atoms with Crippen LogP contribution in [0.1, 0.15) is 15.9 Å². The lowest BCUT2D eigenvalue weighted by molar-refractivity contribution is -0.138. The second-order valence-corrected chi connectivity index (χ2v) is 5.63. The van der Waals surface area contributed by atoms with Crippen molar-refractivity contribution in [2.45, 2.75) is 0 Å². The number of nitrogens with two attached hydrogens (primary N) is 2. The minimum atomic E-state index is -0.603. The average molecular weight is 386 g/mol. The zero-order chi connectivity index (χ0) is 20.5. The van der Waals surface area contributed by atoms with Crippen LogP contribution in [0.5, 0.6) is 11.5 Å². The van der Waals surface area contributed by atoms with Gasteiger partial charge in [-0.3, -0.25) is 0 Å². The van der Waals surface area contributed by atoms with Crippen molar-refractivity contribution >= 4 is 29.4 Å². The van der Waals surface area contributed by atoms with Gasteiger partial charge in [-0.15, -0.1) is 0 Å². The van der Waals surface area contributed by atoms with Crippen LogP contribution >= 0.6 is 0 Å². The van der Waals surface area contributed by atoms with Gasteiger partial charge < -0.3 is 30.4 Å². The van der Waals surface area contributed by atoms with Gasteiger partial charge in [-0.05, 0) is 36.4 Å². The second-order valence-electron chi connectivity index (χ2n) is 5.63. The number of hydrogen-bond acceptors (Lipinski definition) is 8. The molecule has 0 fully saturated rings. The van der Waals surface area contributed by atoms with Gasteiger partial charge in [-0.25, -0.2) is 9.59 Å². The molecule has 0 aliphatic heterocycles. The van der Waals surface area contributed by atoms with Gasteiger partial charge in [0.25, 0.3) is 0 Å². The number of ether oxygens (including phenoxy) is 4. The van der Waals surface area contributed by atoms with Gasteiger partial charge in [0, 0.05) is 29.1 Å². The van der Waals surface area contributed by atoms with Gasteiger partial charge in [0.1, 0.15) is 24.7 Å². The monoisotopic (exact) mass is 386 g/mol. The van der Waals surface area contributed by atoms with Crippen LogP contribution in [0.25, 0.3) is 6.08 Å². The largest absolute Gasteiger partial charge is 0.497 e. The lowest BCUT2D eigenvalue weighted by Gasteiger charge is -2.08. The van der Waals surface area contributed by atoms with E-state index in [2.05, 4.69) is 0 Å². The molecule has 28 heavy (non-hydrogen) atoms. The van der Waals surface area contributed by atoms with E-state index in [1.54, 1.807) is 31.4 Å². The van der Waals surface area contributed by atoms with Crippen molar-refractivity contribution < 1.29 is 28.5 Å². The molecule has 0 atom stereocenters. The number of carbonyl (C=O) groups is 2. The Labute approximate surface area is 162 Å². The molecule has 0 aliphatic rings. The van der Waals surface area contributed by atoms with Crippen LogP contribution in [0.2, 0.25) is 0 Å². The Kier molecular flexibility index (Phi) is 7.27. The standard InChI is InChI=1S/C20H22N2O6/c1-25-17-5-3-13(18(12-17)26-2)4-6-19(23)27-7-8-28-20(24)14-9-15(21)11-16(22)10-14/h3-6,9-12H,7-8,21-22H2,1-2H3/b6-4+. The maximum atomic E-state index is 11.9. The fraction of sp³-hybridized carbons (Fsp3) is 0.200. The maximum absolute atomic E-state index is 11.9. The molecule has 4 N–H and O–H groups in total. The molecule has 148 valence electrons. The minimum Gasteiger partial charge on any atom is -0.497 e. The van der Waals surface area contributed by atoms with Crippen molar-refractivity contribution in [2.75, 3.05) is 38.9 Å². The second kappa shape index (κ2) is 9.86. The van der Waals surface area contributed by atoms with Gasteiger partial charge >= 0.3 is 11.9 Å². The molecule has 2 aromatic carbocycles. The molecule has 0 bridgehead atoms. The highest BCUT2D eigenvalue weighted by atomic mass is 16.6. The van der Waals surface area contributed by atoms with Crippen molar-refractivity contribution in [2.24, 2.45) is 0 Å². The lowest BCUT2D eigenvalue weighted by Crippen LogP contribution is -2.13. The highest BCUT2D eigenvalue weighted by molar-refractivity contribution is 5.91. The van der Waals surface area contributed by atoms with Crippen LogP contribution in [0.15, 0.2) is 42.5 Å². The van der Waals surface area contributed by atoms with Crippen LogP contribution in [-0.2, 0) is 14.3 Å². The predicted octanol–water partition coefficient (Wildman–Crippen LogP) is 2.28. The van der Waals surface area contributed by atoms with Gasteiger partial charge in [-0.1, -0.05) is 0 Å². The third-order valence-electron chi connectivity index (χ3n) is 3.61. The van der Waals surface area contributed by atoms with E-state index >= 15 is 0 Å². The topological polar surface area (TPSA) is 123 Å². The van der Waals surface area contributed by atoms with Crippen LogP contribution in [0.4, 0.5) is 11.4 Å². The molecule has 0 heterocycles. The Morgan fingerprint density at radius 1 is 0.929 bits per heavy atom. The summed E-state index contributed by atoms with van der Waals surface area (Å²) in [5.74, 6) is 0.00902. The smallest absolute Gasteiger partial charge is 0.338 e. The van der Waals surface area contributed by atoms with E-state index in [0.29, 0.717) is 28.4 Å². The normalized spacial score (nSPS) is 10.5. The van der Waals surface area contributed by atoms with Crippen molar-refractivity contribution in [3.63, 3.8) is 0 Å². The lowest BCUT2D eigenvalue weighted by atomic mass is 10.2. The van der Waals surface area contributed by atoms with Gasteiger partial charge in [0.2, 0.25) is 0 Å². The number of rotatable bonds is 8.